The first-order valence-corrected chi connectivity index (χ1v) is 17.7. The summed E-state index contributed by atoms with van der Waals surface area (Å²) < 4.78 is 17.3. The zero-order chi connectivity index (χ0) is 34.0. The summed E-state index contributed by atoms with van der Waals surface area (Å²) in [6.07, 6.45) is 6.34. The van der Waals surface area contributed by atoms with Crippen molar-refractivity contribution in [2.24, 2.45) is 5.92 Å². The number of ether oxygens (including phenoxy) is 3. The predicted molar refractivity (Wildman–Crippen MR) is 179 cm³/mol. The second kappa shape index (κ2) is 14.1. The van der Waals surface area contributed by atoms with Crippen molar-refractivity contribution >= 4 is 46.2 Å². The second-order valence-corrected chi connectivity index (χ2v) is 14.0. The molecule has 6 atom stereocenters. The first kappa shape index (κ1) is 33.0. The Bertz CT molecular complexity index is 1740. The Balaban J connectivity index is 1.19. The normalized spacial score (nSPS) is 29.6. The number of para-hydroxylation sites is 2. The number of hydrogen-bond acceptors (Lipinski definition) is 10. The number of carboxylic acids is 1. The summed E-state index contributed by atoms with van der Waals surface area (Å²) in [4.78, 5) is 65.7. The van der Waals surface area contributed by atoms with Crippen LogP contribution in [0.15, 0.2) is 53.9 Å². The average Bonchev–Trinajstić information content (AvgIpc) is 3.58. The van der Waals surface area contributed by atoms with E-state index >= 15 is 0 Å². The van der Waals surface area contributed by atoms with Crippen molar-refractivity contribution in [3.05, 3.63) is 53.9 Å². The number of nitrogens with one attached hydrogen (secondary N) is 2. The molecule has 14 heteroatoms. The van der Waals surface area contributed by atoms with Crippen LogP contribution in [-0.2, 0) is 23.9 Å². The fourth-order valence-electron chi connectivity index (χ4n) is 6.88. The number of carbonyl (C=O) groups excluding carboxylic acids is 3. The molecule has 5 heterocycles. The van der Waals surface area contributed by atoms with Gasteiger partial charge in [0.15, 0.2) is 0 Å². The molecule has 2 saturated heterocycles. The van der Waals surface area contributed by atoms with Crippen molar-refractivity contribution in [2.75, 3.05) is 19.8 Å². The number of amides is 3. The number of rotatable bonds is 6. The van der Waals surface area contributed by atoms with Gasteiger partial charge in [-0.15, -0.1) is 11.3 Å². The third-order valence-corrected chi connectivity index (χ3v) is 10.5. The van der Waals surface area contributed by atoms with E-state index in [1.165, 1.54) is 16.2 Å². The van der Waals surface area contributed by atoms with Crippen molar-refractivity contribution in [1.82, 2.24) is 25.5 Å². The summed E-state index contributed by atoms with van der Waals surface area (Å²) in [6.45, 7) is 0.808. The number of nitrogens with zero attached hydrogens (tertiary/aromatic N) is 3. The van der Waals surface area contributed by atoms with Crippen LogP contribution in [0.2, 0.25) is 0 Å². The largest absolute Gasteiger partial charge is 0.479 e. The van der Waals surface area contributed by atoms with Crippen LogP contribution in [-0.4, -0.2) is 93.4 Å². The zero-order valence-electron chi connectivity index (χ0n) is 26.9. The summed E-state index contributed by atoms with van der Waals surface area (Å²) in [7, 11) is 0. The molecule has 3 aliphatic heterocycles. The van der Waals surface area contributed by atoms with Crippen molar-refractivity contribution in [2.45, 2.75) is 81.2 Å². The number of hydrogen-bond donors (Lipinski definition) is 3. The van der Waals surface area contributed by atoms with Gasteiger partial charge < -0.3 is 34.9 Å². The van der Waals surface area contributed by atoms with Gasteiger partial charge in [0.2, 0.25) is 17.7 Å². The number of thiophene rings is 1. The first-order chi connectivity index (χ1) is 23.8. The van der Waals surface area contributed by atoms with Crippen molar-refractivity contribution < 1.29 is 38.5 Å². The van der Waals surface area contributed by atoms with Crippen LogP contribution >= 0.6 is 11.3 Å². The van der Waals surface area contributed by atoms with Gasteiger partial charge in [0.1, 0.15) is 35.5 Å². The fourth-order valence-corrected chi connectivity index (χ4v) is 7.58. The first-order valence-electron chi connectivity index (χ1n) is 16.9. The van der Waals surface area contributed by atoms with Gasteiger partial charge in [-0.25, -0.2) is 19.6 Å². The maximum atomic E-state index is 14.4. The summed E-state index contributed by atoms with van der Waals surface area (Å²) in [5, 5.41) is 17.7. The molecular weight excluding hydrogens is 650 g/mol. The lowest BCUT2D eigenvalue weighted by Gasteiger charge is -2.29. The zero-order valence-corrected chi connectivity index (χ0v) is 27.7. The maximum Gasteiger partial charge on any atom is 0.408 e. The molecule has 1 aromatic carbocycles. The molecule has 2 aromatic heterocycles. The Labute approximate surface area is 287 Å². The van der Waals surface area contributed by atoms with Gasteiger partial charge in [0, 0.05) is 18.8 Å². The van der Waals surface area contributed by atoms with E-state index in [4.69, 9.17) is 24.2 Å². The van der Waals surface area contributed by atoms with E-state index in [1.807, 2.05) is 53.9 Å². The standard InChI is InChI=1S/C35H39N5O8S/c41-30-27-17-23(47-31-29(28-13-8-16-49-28)36-24-10-6-7-11-25(24)37-31)19-40(27)32(42)26(38-34(45)48-22-14-15-46-20-22)12-5-3-1-2-4-9-21-18-35(21,39-30)33(43)44/h4,6-11,13,16,21-23,26-27H,1-3,5,12,14-15,17-20H2,(H,38,45)(H,39,41)(H,43,44)/b9-4-/t21?,22-,23+,26-,27?,35?/m0/s1. The minimum atomic E-state index is -1.44. The molecule has 7 rings (SSSR count). The highest BCUT2D eigenvalue weighted by atomic mass is 32.1. The summed E-state index contributed by atoms with van der Waals surface area (Å²) >= 11 is 1.49. The molecule has 3 fully saturated rings. The van der Waals surface area contributed by atoms with E-state index in [-0.39, 0.29) is 31.2 Å². The molecule has 1 aliphatic carbocycles. The van der Waals surface area contributed by atoms with E-state index in [1.54, 1.807) is 0 Å². The smallest absolute Gasteiger partial charge is 0.408 e. The minimum Gasteiger partial charge on any atom is -0.479 e. The van der Waals surface area contributed by atoms with Gasteiger partial charge in [0.25, 0.3) is 0 Å². The Hall–Kier alpha value is -4.56. The van der Waals surface area contributed by atoms with Gasteiger partial charge in [0.05, 0.1) is 35.7 Å². The molecule has 0 bridgehead atoms. The number of alkyl carbamates (subject to hydrolysis) is 1. The van der Waals surface area contributed by atoms with Crippen molar-refractivity contribution in [3.8, 4) is 16.5 Å². The molecule has 258 valence electrons. The molecule has 49 heavy (non-hydrogen) atoms. The van der Waals surface area contributed by atoms with E-state index in [0.717, 1.165) is 24.1 Å². The highest BCUT2D eigenvalue weighted by Gasteiger charge is 2.61. The van der Waals surface area contributed by atoms with Gasteiger partial charge in [-0.1, -0.05) is 43.2 Å². The number of carbonyl (C=O) groups is 4. The van der Waals surface area contributed by atoms with Crippen molar-refractivity contribution in [1.29, 1.82) is 0 Å². The van der Waals surface area contributed by atoms with Crippen LogP contribution in [0.5, 0.6) is 5.88 Å². The molecule has 3 unspecified atom stereocenters. The highest BCUT2D eigenvalue weighted by molar-refractivity contribution is 7.13. The molecule has 0 spiro atoms. The van der Waals surface area contributed by atoms with Gasteiger partial charge in [-0.3, -0.25) is 9.59 Å². The molecule has 1 saturated carbocycles. The Morgan fingerprint density at radius 3 is 2.65 bits per heavy atom. The molecule has 13 nitrogen and oxygen atoms in total. The monoisotopic (exact) mass is 689 g/mol. The third-order valence-electron chi connectivity index (χ3n) is 9.65. The third kappa shape index (κ3) is 7.11. The van der Waals surface area contributed by atoms with E-state index < -0.39 is 53.7 Å². The number of allylic oxidation sites excluding steroid dienone is 1. The van der Waals surface area contributed by atoms with Crippen LogP contribution in [0.3, 0.4) is 0 Å². The quantitative estimate of drug-likeness (QED) is 0.321. The molecule has 3 aromatic rings. The van der Waals surface area contributed by atoms with Crippen LogP contribution < -0.4 is 15.4 Å². The Morgan fingerprint density at radius 1 is 1.06 bits per heavy atom. The lowest BCUT2D eigenvalue weighted by molar-refractivity contribution is -0.145. The summed E-state index contributed by atoms with van der Waals surface area (Å²) in [5.41, 5.74) is 0.433. The van der Waals surface area contributed by atoms with E-state index in [2.05, 4.69) is 10.6 Å². The van der Waals surface area contributed by atoms with E-state index in [9.17, 15) is 24.3 Å². The number of aromatic nitrogens is 2. The van der Waals surface area contributed by atoms with E-state index in [0.29, 0.717) is 49.2 Å². The summed E-state index contributed by atoms with van der Waals surface area (Å²) in [6, 6.07) is 9.26. The maximum absolute atomic E-state index is 14.4. The lowest BCUT2D eigenvalue weighted by Crippen LogP contribution is -2.56. The predicted octanol–water partition coefficient (Wildman–Crippen LogP) is 4.07. The Morgan fingerprint density at radius 2 is 1.90 bits per heavy atom. The van der Waals surface area contributed by atoms with Crippen LogP contribution in [0, 0.1) is 5.92 Å². The molecule has 0 radical (unpaired) electrons. The van der Waals surface area contributed by atoms with Gasteiger partial charge in [-0.05, 0) is 49.3 Å². The minimum absolute atomic E-state index is 0.0163. The van der Waals surface area contributed by atoms with Gasteiger partial charge in [-0.2, -0.15) is 0 Å². The number of aliphatic carboxylic acids is 1. The van der Waals surface area contributed by atoms with Gasteiger partial charge >= 0.3 is 12.1 Å². The average molecular weight is 690 g/mol. The topological polar surface area (TPSA) is 169 Å². The SMILES string of the molecule is O=C(N[C@H]1CCCCC/C=C\C2CC2(C(=O)O)NC(=O)C2C[C@@H](Oc3nc4ccccc4nc3-c3cccs3)CN2C1=O)O[C@H]1CCOC1. The van der Waals surface area contributed by atoms with Crippen LogP contribution in [0.4, 0.5) is 4.79 Å². The lowest BCUT2D eigenvalue weighted by atomic mass is 10.0. The molecule has 3 amide bonds. The Kier molecular flexibility index (Phi) is 9.50. The second-order valence-electron chi connectivity index (χ2n) is 13.1. The number of benzene rings is 1. The molecule has 3 N–H and O–H groups in total. The molecule has 4 aliphatic rings. The van der Waals surface area contributed by atoms with Crippen LogP contribution in [0.25, 0.3) is 21.6 Å². The molecular formula is C35H39N5O8S. The number of carboxylic acid groups (broad SMARTS) is 1. The summed E-state index contributed by atoms with van der Waals surface area (Å²) in [5.74, 6) is -2.23. The number of fused-ring (bicyclic) bond motifs is 3. The highest BCUT2D eigenvalue weighted by Crippen LogP contribution is 2.45. The van der Waals surface area contributed by atoms with Crippen LogP contribution in [0.1, 0.15) is 51.4 Å². The van der Waals surface area contributed by atoms with Crippen molar-refractivity contribution in [3.63, 3.8) is 0 Å². The fraction of sp³-hybridized carbons (Fsp3) is 0.486.